The largest absolute Gasteiger partial charge is 0.351 e. The summed E-state index contributed by atoms with van der Waals surface area (Å²) in [6.07, 6.45) is 1.27. The van der Waals surface area contributed by atoms with Crippen LogP contribution in [0.2, 0.25) is 0 Å². The lowest BCUT2D eigenvalue weighted by Gasteiger charge is -2.23. The van der Waals surface area contributed by atoms with Crippen molar-refractivity contribution in [2.75, 3.05) is 11.4 Å². The molecule has 1 aliphatic rings. The van der Waals surface area contributed by atoms with Crippen molar-refractivity contribution in [3.8, 4) is 0 Å². The third kappa shape index (κ3) is 3.84. The van der Waals surface area contributed by atoms with Gasteiger partial charge in [0.25, 0.3) is 0 Å². The highest BCUT2D eigenvalue weighted by molar-refractivity contribution is 6.00. The van der Waals surface area contributed by atoms with E-state index in [1.165, 1.54) is 5.56 Å². The van der Waals surface area contributed by atoms with E-state index >= 15 is 0 Å². The number of benzene rings is 1. The van der Waals surface area contributed by atoms with E-state index in [-0.39, 0.29) is 29.7 Å². The van der Waals surface area contributed by atoms with Crippen molar-refractivity contribution in [1.82, 2.24) is 5.32 Å². The third-order valence-electron chi connectivity index (χ3n) is 3.65. The van der Waals surface area contributed by atoms with E-state index in [0.717, 1.165) is 12.1 Å². The van der Waals surface area contributed by atoms with Crippen LogP contribution in [-0.2, 0) is 16.0 Å². The van der Waals surface area contributed by atoms with Gasteiger partial charge in [0.05, 0.1) is 5.92 Å². The van der Waals surface area contributed by atoms with Gasteiger partial charge < -0.3 is 10.2 Å². The minimum absolute atomic E-state index is 0.0216. The van der Waals surface area contributed by atoms with E-state index < -0.39 is 0 Å². The first-order valence-corrected chi connectivity index (χ1v) is 7.51. The third-order valence-corrected chi connectivity index (χ3v) is 3.65. The molecule has 21 heavy (non-hydrogen) atoms. The molecule has 1 saturated heterocycles. The molecule has 1 fully saturated rings. The van der Waals surface area contributed by atoms with Crippen molar-refractivity contribution < 1.29 is 9.59 Å². The van der Waals surface area contributed by atoms with E-state index in [1.54, 1.807) is 4.90 Å². The minimum atomic E-state index is -0.268. The molecule has 1 heterocycles. The zero-order valence-electron chi connectivity index (χ0n) is 13.3. The van der Waals surface area contributed by atoms with Crippen LogP contribution in [0.3, 0.4) is 0 Å². The van der Waals surface area contributed by atoms with Crippen molar-refractivity contribution >= 4 is 17.5 Å². The minimum Gasteiger partial charge on any atom is -0.351 e. The Morgan fingerprint density at radius 2 is 1.90 bits per heavy atom. The van der Waals surface area contributed by atoms with Gasteiger partial charge in [-0.2, -0.15) is 0 Å². The van der Waals surface area contributed by atoms with Crippen molar-refractivity contribution in [2.45, 2.75) is 46.1 Å². The first-order valence-electron chi connectivity index (χ1n) is 7.51. The molecule has 1 unspecified atom stereocenters. The molecule has 1 aromatic rings. The molecule has 4 nitrogen and oxygen atoms in total. The Morgan fingerprint density at radius 3 is 2.43 bits per heavy atom. The van der Waals surface area contributed by atoms with Crippen LogP contribution in [-0.4, -0.2) is 23.9 Å². The topological polar surface area (TPSA) is 49.4 Å². The number of anilines is 1. The van der Waals surface area contributed by atoms with Gasteiger partial charge in [-0.3, -0.25) is 9.59 Å². The fourth-order valence-electron chi connectivity index (χ4n) is 2.52. The number of rotatable bonds is 3. The molecular formula is C17H24N2O2. The quantitative estimate of drug-likeness (QED) is 0.929. The molecule has 2 rings (SSSR count). The monoisotopic (exact) mass is 288 g/mol. The van der Waals surface area contributed by atoms with E-state index in [9.17, 15) is 9.59 Å². The first kappa shape index (κ1) is 15.5. The fraction of sp³-hybridized carbons (Fsp3) is 0.529. The Hall–Kier alpha value is -1.84. The molecule has 1 aliphatic heterocycles. The van der Waals surface area contributed by atoms with Gasteiger partial charge in [0.15, 0.2) is 0 Å². The highest BCUT2D eigenvalue weighted by Gasteiger charge is 2.36. The molecular weight excluding hydrogens is 264 g/mol. The Labute approximate surface area is 126 Å². The predicted molar refractivity (Wildman–Crippen MR) is 84.2 cm³/mol. The average Bonchev–Trinajstić information content (AvgIpc) is 2.79. The number of amides is 2. The fourth-order valence-corrected chi connectivity index (χ4v) is 2.52. The molecule has 1 N–H and O–H groups in total. The molecule has 1 aromatic carbocycles. The van der Waals surface area contributed by atoms with Crippen molar-refractivity contribution in [3.05, 3.63) is 29.8 Å². The predicted octanol–water partition coefficient (Wildman–Crippen LogP) is 2.52. The van der Waals surface area contributed by atoms with Crippen LogP contribution in [0.25, 0.3) is 0 Å². The van der Waals surface area contributed by atoms with Crippen LogP contribution in [0.15, 0.2) is 24.3 Å². The van der Waals surface area contributed by atoms with E-state index in [2.05, 4.69) is 12.2 Å². The summed E-state index contributed by atoms with van der Waals surface area (Å²) in [5, 5.41) is 2.95. The lowest BCUT2D eigenvalue weighted by Crippen LogP contribution is -2.44. The maximum atomic E-state index is 12.2. The molecule has 0 aromatic heterocycles. The van der Waals surface area contributed by atoms with Crippen LogP contribution in [0.5, 0.6) is 0 Å². The van der Waals surface area contributed by atoms with Crippen LogP contribution in [0.4, 0.5) is 5.69 Å². The van der Waals surface area contributed by atoms with Gasteiger partial charge in [-0.05, 0) is 44.9 Å². The lowest BCUT2D eigenvalue weighted by atomic mass is 10.0. The molecule has 1 atom stereocenters. The molecule has 0 radical (unpaired) electrons. The maximum absolute atomic E-state index is 12.2. The van der Waals surface area contributed by atoms with E-state index in [4.69, 9.17) is 0 Å². The number of hydrogen-bond donors (Lipinski definition) is 1. The maximum Gasteiger partial charge on any atom is 0.227 e. The summed E-state index contributed by atoms with van der Waals surface area (Å²) in [6, 6.07) is 7.98. The number of aryl methyl sites for hydroxylation is 1. The number of carbonyl (C=O) groups excluding carboxylic acids is 2. The van der Waals surface area contributed by atoms with Gasteiger partial charge in [0.1, 0.15) is 0 Å². The van der Waals surface area contributed by atoms with Crippen molar-refractivity contribution in [2.24, 2.45) is 5.92 Å². The SMILES string of the molecule is CCc1ccc(N2CC(C(=O)NC(C)(C)C)CC2=O)cc1. The second kappa shape index (κ2) is 5.88. The highest BCUT2D eigenvalue weighted by Crippen LogP contribution is 2.26. The second-order valence-corrected chi connectivity index (χ2v) is 6.66. The van der Waals surface area contributed by atoms with Crippen molar-refractivity contribution in [1.29, 1.82) is 0 Å². The van der Waals surface area contributed by atoms with Gasteiger partial charge in [0, 0.05) is 24.2 Å². The molecule has 0 aliphatic carbocycles. The van der Waals surface area contributed by atoms with Gasteiger partial charge in [-0.1, -0.05) is 19.1 Å². The molecule has 4 heteroatoms. The standard InChI is InChI=1S/C17H24N2O2/c1-5-12-6-8-14(9-7-12)19-11-13(10-15(19)20)16(21)18-17(2,3)4/h6-9,13H,5,10-11H2,1-4H3,(H,18,21). The van der Waals surface area contributed by atoms with Gasteiger partial charge in [-0.15, -0.1) is 0 Å². The summed E-state index contributed by atoms with van der Waals surface area (Å²) in [6.45, 7) is 8.41. The second-order valence-electron chi connectivity index (χ2n) is 6.66. The zero-order chi connectivity index (χ0) is 15.6. The number of carbonyl (C=O) groups is 2. The summed E-state index contributed by atoms with van der Waals surface area (Å²) < 4.78 is 0. The van der Waals surface area contributed by atoms with Crippen LogP contribution >= 0.6 is 0 Å². The van der Waals surface area contributed by atoms with E-state index in [0.29, 0.717) is 6.54 Å². The Kier molecular flexibility index (Phi) is 4.35. The summed E-state index contributed by atoms with van der Waals surface area (Å²) in [7, 11) is 0. The normalized spacial score (nSPS) is 19.0. The smallest absolute Gasteiger partial charge is 0.227 e. The van der Waals surface area contributed by atoms with Gasteiger partial charge >= 0.3 is 0 Å². The molecule has 0 bridgehead atoms. The first-order chi connectivity index (χ1) is 9.80. The summed E-state index contributed by atoms with van der Waals surface area (Å²) in [5.74, 6) is -0.278. The molecule has 114 valence electrons. The van der Waals surface area contributed by atoms with Crippen LogP contribution < -0.4 is 10.2 Å². The van der Waals surface area contributed by atoms with Crippen LogP contribution in [0, 0.1) is 5.92 Å². The summed E-state index contributed by atoms with van der Waals surface area (Å²) in [5.41, 5.74) is 1.85. The van der Waals surface area contributed by atoms with E-state index in [1.807, 2.05) is 45.0 Å². The summed E-state index contributed by atoms with van der Waals surface area (Å²) >= 11 is 0. The number of hydrogen-bond acceptors (Lipinski definition) is 2. The van der Waals surface area contributed by atoms with Crippen LogP contribution in [0.1, 0.15) is 39.7 Å². The number of nitrogens with zero attached hydrogens (tertiary/aromatic N) is 1. The summed E-state index contributed by atoms with van der Waals surface area (Å²) in [4.78, 5) is 26.1. The lowest BCUT2D eigenvalue weighted by molar-refractivity contribution is -0.127. The number of nitrogens with one attached hydrogen (secondary N) is 1. The molecule has 0 saturated carbocycles. The van der Waals surface area contributed by atoms with Gasteiger partial charge in [0.2, 0.25) is 11.8 Å². The zero-order valence-corrected chi connectivity index (χ0v) is 13.3. The Morgan fingerprint density at radius 1 is 1.29 bits per heavy atom. The Bertz CT molecular complexity index is 529. The highest BCUT2D eigenvalue weighted by atomic mass is 16.2. The average molecular weight is 288 g/mol. The Balaban J connectivity index is 2.07. The van der Waals surface area contributed by atoms with Gasteiger partial charge in [-0.25, -0.2) is 0 Å². The van der Waals surface area contributed by atoms with Crippen molar-refractivity contribution in [3.63, 3.8) is 0 Å². The molecule has 0 spiro atoms. The molecule has 2 amide bonds.